The molecule has 1 aliphatic rings. The normalized spacial score (nSPS) is 14.2. The summed E-state index contributed by atoms with van der Waals surface area (Å²) in [6, 6.07) is 1.96. The summed E-state index contributed by atoms with van der Waals surface area (Å²) in [5, 5.41) is 2.81. The molecule has 0 radical (unpaired) electrons. The van der Waals surface area contributed by atoms with E-state index in [9.17, 15) is 9.59 Å². The van der Waals surface area contributed by atoms with Crippen LogP contribution in [0.5, 0.6) is 0 Å². The second-order valence-electron chi connectivity index (χ2n) is 5.17. The van der Waals surface area contributed by atoms with Crippen LogP contribution in [0.25, 0.3) is 0 Å². The summed E-state index contributed by atoms with van der Waals surface area (Å²) < 4.78 is 7.00. The van der Waals surface area contributed by atoms with Crippen molar-refractivity contribution < 1.29 is 14.3 Å². The maximum atomic E-state index is 11.9. The number of amides is 1. The molecule has 1 N–H and O–H groups in total. The number of carbonyl (C=O) groups is 2. The van der Waals surface area contributed by atoms with Crippen molar-refractivity contribution in [3.05, 3.63) is 23.0 Å². The number of aryl methyl sites for hydroxylation is 1. The third-order valence-electron chi connectivity index (χ3n) is 3.72. The molecule has 0 bridgehead atoms. The van der Waals surface area contributed by atoms with Crippen LogP contribution in [0.3, 0.4) is 0 Å². The molecule has 1 heterocycles. The molecule has 0 fully saturated rings. The maximum absolute atomic E-state index is 11.9. The number of ketones is 1. The molecule has 1 aliphatic carbocycles. The molecule has 0 atom stereocenters. The number of hydrogen-bond acceptors (Lipinski definition) is 3. The fraction of sp³-hybridized carbons (Fsp3) is 0.600. The van der Waals surface area contributed by atoms with Crippen molar-refractivity contribution in [3.63, 3.8) is 0 Å². The van der Waals surface area contributed by atoms with Gasteiger partial charge in [0.25, 0.3) is 0 Å². The number of ether oxygens (including phenoxy) is 1. The van der Waals surface area contributed by atoms with Crippen molar-refractivity contribution in [2.75, 3.05) is 20.3 Å². The van der Waals surface area contributed by atoms with Gasteiger partial charge in [-0.15, -0.1) is 0 Å². The second kappa shape index (κ2) is 6.70. The van der Waals surface area contributed by atoms with E-state index < -0.39 is 0 Å². The summed E-state index contributed by atoms with van der Waals surface area (Å²) in [7, 11) is 1.61. The third kappa shape index (κ3) is 3.28. The quantitative estimate of drug-likeness (QED) is 0.802. The predicted octanol–water partition coefficient (Wildman–Crippen LogP) is 1.47. The molecule has 0 aliphatic heterocycles. The van der Waals surface area contributed by atoms with Gasteiger partial charge in [-0.25, -0.2) is 0 Å². The average Bonchev–Trinajstić information content (AvgIpc) is 2.74. The first kappa shape index (κ1) is 14.8. The van der Waals surface area contributed by atoms with Crippen molar-refractivity contribution in [1.82, 2.24) is 9.88 Å². The minimum atomic E-state index is 0.0195. The van der Waals surface area contributed by atoms with Crippen molar-refractivity contribution in [3.8, 4) is 0 Å². The molecule has 0 aromatic carbocycles. The topological polar surface area (TPSA) is 60.3 Å². The van der Waals surface area contributed by atoms with Crippen LogP contribution in [0.2, 0.25) is 0 Å². The summed E-state index contributed by atoms with van der Waals surface area (Å²) in [6.45, 7) is 3.69. The molecule has 1 aromatic heterocycles. The van der Waals surface area contributed by atoms with Gasteiger partial charge in [-0.3, -0.25) is 9.59 Å². The van der Waals surface area contributed by atoms with Crippen molar-refractivity contribution in [2.45, 2.75) is 39.2 Å². The van der Waals surface area contributed by atoms with E-state index in [0.29, 0.717) is 32.5 Å². The lowest BCUT2D eigenvalue weighted by Crippen LogP contribution is -2.28. The molecule has 0 saturated heterocycles. The number of aromatic nitrogens is 1. The number of fused-ring (bicyclic) bond motifs is 1. The van der Waals surface area contributed by atoms with Gasteiger partial charge < -0.3 is 14.6 Å². The summed E-state index contributed by atoms with van der Waals surface area (Å²) >= 11 is 0. The van der Waals surface area contributed by atoms with Gasteiger partial charge in [0.2, 0.25) is 5.91 Å². The predicted molar refractivity (Wildman–Crippen MR) is 75.9 cm³/mol. The number of nitrogens with zero attached hydrogens (tertiary/aromatic N) is 1. The second-order valence-corrected chi connectivity index (χ2v) is 5.17. The number of rotatable bonds is 6. The molecule has 20 heavy (non-hydrogen) atoms. The lowest BCUT2D eigenvalue weighted by atomic mass is 9.96. The zero-order chi connectivity index (χ0) is 14.5. The van der Waals surface area contributed by atoms with Gasteiger partial charge >= 0.3 is 0 Å². The van der Waals surface area contributed by atoms with Crippen LogP contribution in [0.4, 0.5) is 0 Å². The van der Waals surface area contributed by atoms with E-state index in [2.05, 4.69) is 9.88 Å². The van der Waals surface area contributed by atoms with E-state index >= 15 is 0 Å². The average molecular weight is 278 g/mol. The summed E-state index contributed by atoms with van der Waals surface area (Å²) in [4.78, 5) is 23.6. The Hall–Kier alpha value is -1.62. The first-order valence-corrected chi connectivity index (χ1v) is 7.11. The Labute approximate surface area is 119 Å². The molecule has 2 rings (SSSR count). The largest absolute Gasteiger partial charge is 0.383 e. The molecule has 5 nitrogen and oxygen atoms in total. The molecule has 0 spiro atoms. The van der Waals surface area contributed by atoms with Crippen molar-refractivity contribution >= 4 is 11.7 Å². The maximum Gasteiger partial charge on any atom is 0.221 e. The first-order valence-electron chi connectivity index (χ1n) is 7.11. The fourth-order valence-corrected chi connectivity index (χ4v) is 2.70. The van der Waals surface area contributed by atoms with E-state index in [-0.39, 0.29) is 11.7 Å². The minimum Gasteiger partial charge on any atom is -0.383 e. The summed E-state index contributed by atoms with van der Waals surface area (Å²) in [6.07, 6.45) is 2.92. The van der Waals surface area contributed by atoms with Crippen LogP contribution in [-0.4, -0.2) is 36.5 Å². The van der Waals surface area contributed by atoms with E-state index in [1.54, 1.807) is 7.11 Å². The van der Waals surface area contributed by atoms with Crippen LogP contribution < -0.4 is 5.32 Å². The van der Waals surface area contributed by atoms with Crippen LogP contribution >= 0.6 is 0 Å². The van der Waals surface area contributed by atoms with Gasteiger partial charge in [-0.2, -0.15) is 0 Å². The summed E-state index contributed by atoms with van der Waals surface area (Å²) in [5.74, 6) is 0.253. The number of Topliss-reactive ketones (excluding diaryl/α,β-unsaturated/α-hetero) is 1. The molecule has 5 heteroatoms. The van der Waals surface area contributed by atoms with Crippen molar-refractivity contribution in [1.29, 1.82) is 0 Å². The van der Waals surface area contributed by atoms with Gasteiger partial charge in [-0.1, -0.05) is 0 Å². The van der Waals surface area contributed by atoms with E-state index in [4.69, 9.17) is 4.74 Å². The Morgan fingerprint density at radius 1 is 1.45 bits per heavy atom. The van der Waals surface area contributed by atoms with Crippen LogP contribution in [0.1, 0.15) is 41.0 Å². The highest BCUT2D eigenvalue weighted by molar-refractivity contribution is 5.98. The fourth-order valence-electron chi connectivity index (χ4n) is 2.70. The lowest BCUT2D eigenvalue weighted by Gasteiger charge is -2.15. The minimum absolute atomic E-state index is 0.0195. The van der Waals surface area contributed by atoms with E-state index in [0.717, 1.165) is 29.8 Å². The molecule has 1 aromatic rings. The molecule has 0 saturated carbocycles. The van der Waals surface area contributed by atoms with Crippen LogP contribution in [0, 0.1) is 6.92 Å². The van der Waals surface area contributed by atoms with Crippen molar-refractivity contribution in [2.24, 2.45) is 0 Å². The van der Waals surface area contributed by atoms with Crippen LogP contribution in [0.15, 0.2) is 6.07 Å². The number of carbonyl (C=O) groups excluding carboxylic acids is 2. The Balaban J connectivity index is 1.96. The number of hydrogen-bond donors (Lipinski definition) is 1. The van der Waals surface area contributed by atoms with Gasteiger partial charge in [0.15, 0.2) is 5.78 Å². The third-order valence-corrected chi connectivity index (χ3v) is 3.72. The molecular formula is C15H22N2O3. The highest BCUT2D eigenvalue weighted by Crippen LogP contribution is 2.25. The zero-order valence-electron chi connectivity index (χ0n) is 12.2. The smallest absolute Gasteiger partial charge is 0.221 e. The SMILES string of the molecule is COCCNC(=O)CCn1c(C)cc2c1CCCC2=O. The van der Waals surface area contributed by atoms with E-state index in [1.807, 2.05) is 13.0 Å². The number of methoxy groups -OCH3 is 1. The van der Waals surface area contributed by atoms with Gasteiger partial charge in [0, 0.05) is 50.0 Å². The molecule has 110 valence electrons. The molecular weight excluding hydrogens is 256 g/mol. The molecule has 1 amide bonds. The Morgan fingerprint density at radius 2 is 2.25 bits per heavy atom. The van der Waals surface area contributed by atoms with Gasteiger partial charge in [0.05, 0.1) is 6.61 Å². The first-order chi connectivity index (χ1) is 9.63. The monoisotopic (exact) mass is 278 g/mol. The van der Waals surface area contributed by atoms with Crippen LogP contribution in [-0.2, 0) is 22.5 Å². The zero-order valence-corrected chi connectivity index (χ0v) is 12.2. The highest BCUT2D eigenvalue weighted by Gasteiger charge is 2.22. The Morgan fingerprint density at radius 3 is 3.00 bits per heavy atom. The Kier molecular flexibility index (Phi) is 4.95. The van der Waals surface area contributed by atoms with Gasteiger partial charge in [-0.05, 0) is 25.8 Å². The number of nitrogens with one attached hydrogen (secondary N) is 1. The Bertz CT molecular complexity index is 505. The highest BCUT2D eigenvalue weighted by atomic mass is 16.5. The van der Waals surface area contributed by atoms with E-state index in [1.165, 1.54) is 0 Å². The molecule has 0 unspecified atom stereocenters. The lowest BCUT2D eigenvalue weighted by molar-refractivity contribution is -0.121. The standard InChI is InChI=1S/C15H22N2O3/c1-11-10-12-13(4-3-5-14(12)18)17(11)8-6-15(19)16-7-9-20-2/h10H,3-9H2,1-2H3,(H,16,19). The summed E-state index contributed by atoms with van der Waals surface area (Å²) in [5.41, 5.74) is 3.02. The van der Waals surface area contributed by atoms with Gasteiger partial charge in [0.1, 0.15) is 0 Å².